The van der Waals surface area contributed by atoms with Gasteiger partial charge < -0.3 is 10.2 Å². The van der Waals surface area contributed by atoms with E-state index in [9.17, 15) is 14.0 Å². The number of amides is 2. The molecule has 2 rings (SSSR count). The Labute approximate surface area is 142 Å². The Hall–Kier alpha value is -1.95. The second kappa shape index (κ2) is 8.78. The Morgan fingerprint density at radius 2 is 1.96 bits per heavy atom. The topological polar surface area (TPSA) is 52.7 Å². The van der Waals surface area contributed by atoms with Crippen LogP contribution in [-0.2, 0) is 16.1 Å². The molecule has 1 fully saturated rings. The van der Waals surface area contributed by atoms with Crippen LogP contribution in [0, 0.1) is 5.82 Å². The first-order chi connectivity index (χ1) is 11.5. The van der Waals surface area contributed by atoms with Gasteiger partial charge in [-0.05, 0) is 25.3 Å². The van der Waals surface area contributed by atoms with Crippen LogP contribution in [0.2, 0.25) is 0 Å². The van der Waals surface area contributed by atoms with Crippen molar-refractivity contribution in [2.24, 2.45) is 0 Å². The molecule has 1 saturated carbocycles. The first-order valence-corrected chi connectivity index (χ1v) is 8.49. The number of nitrogens with one attached hydrogen (secondary N) is 1. The summed E-state index contributed by atoms with van der Waals surface area (Å²) in [5.74, 6) is -0.521. The van der Waals surface area contributed by atoms with Crippen LogP contribution in [0.25, 0.3) is 0 Å². The fourth-order valence-corrected chi connectivity index (χ4v) is 2.52. The highest BCUT2D eigenvalue weighted by molar-refractivity contribution is 5.85. The number of benzene rings is 1. The summed E-state index contributed by atoms with van der Waals surface area (Å²) in [4.78, 5) is 27.5. The zero-order valence-electron chi connectivity index (χ0n) is 14.4. The zero-order valence-corrected chi connectivity index (χ0v) is 14.4. The van der Waals surface area contributed by atoms with Crippen LogP contribution in [0.3, 0.4) is 0 Å². The Kier molecular flexibility index (Phi) is 6.73. The Morgan fingerprint density at radius 3 is 2.58 bits per heavy atom. The Balaban J connectivity index is 1.89. The number of carbonyl (C=O) groups is 2. The molecule has 1 N–H and O–H groups in total. The van der Waals surface area contributed by atoms with Gasteiger partial charge in [-0.1, -0.05) is 25.1 Å². The minimum atomic E-state index is -0.247. The molecule has 0 aromatic heterocycles. The molecule has 0 aliphatic heterocycles. The van der Waals surface area contributed by atoms with Gasteiger partial charge in [0.05, 0.1) is 13.1 Å². The standard InChI is InChI=1S/C18H26FN3O2/c1-3-10-20-17(23)12-21(2)18(24)13-22(15-8-9-15)11-14-6-4-5-7-16(14)19/h4-7,15H,3,8-13H2,1-2H3,(H,20,23). The Bertz CT molecular complexity index is 575. The maximum absolute atomic E-state index is 13.8. The molecule has 1 aromatic rings. The molecule has 2 amide bonds. The first kappa shape index (κ1) is 18.4. The second-order valence-electron chi connectivity index (χ2n) is 6.33. The molecular weight excluding hydrogens is 309 g/mol. The molecule has 1 aromatic carbocycles. The van der Waals surface area contributed by atoms with Crippen LogP contribution in [0.4, 0.5) is 4.39 Å². The van der Waals surface area contributed by atoms with Crippen LogP contribution < -0.4 is 5.32 Å². The summed E-state index contributed by atoms with van der Waals surface area (Å²) < 4.78 is 13.8. The number of nitrogens with zero attached hydrogens (tertiary/aromatic N) is 2. The highest BCUT2D eigenvalue weighted by Crippen LogP contribution is 2.28. The van der Waals surface area contributed by atoms with Crippen LogP contribution in [-0.4, -0.2) is 54.3 Å². The van der Waals surface area contributed by atoms with E-state index < -0.39 is 0 Å². The summed E-state index contributed by atoms with van der Waals surface area (Å²) in [6.45, 7) is 3.26. The van der Waals surface area contributed by atoms with Crippen LogP contribution in [0.1, 0.15) is 31.7 Å². The SMILES string of the molecule is CCCNC(=O)CN(C)C(=O)CN(Cc1ccccc1F)C1CC1. The molecular formula is C18H26FN3O2. The molecule has 1 aliphatic rings. The summed E-state index contributed by atoms with van der Waals surface area (Å²) in [5.41, 5.74) is 0.598. The summed E-state index contributed by atoms with van der Waals surface area (Å²) in [6.07, 6.45) is 2.92. The molecule has 24 heavy (non-hydrogen) atoms. The van der Waals surface area contributed by atoms with Crippen molar-refractivity contribution in [2.45, 2.75) is 38.8 Å². The molecule has 1 aliphatic carbocycles. The van der Waals surface area contributed by atoms with Crippen molar-refractivity contribution >= 4 is 11.8 Å². The van der Waals surface area contributed by atoms with Gasteiger partial charge in [-0.3, -0.25) is 14.5 Å². The monoisotopic (exact) mass is 335 g/mol. The summed E-state index contributed by atoms with van der Waals surface area (Å²) in [5, 5.41) is 2.76. The third-order valence-electron chi connectivity index (χ3n) is 4.11. The molecule has 0 saturated heterocycles. The largest absolute Gasteiger partial charge is 0.355 e. The average molecular weight is 335 g/mol. The summed E-state index contributed by atoms with van der Waals surface area (Å²) >= 11 is 0. The van der Waals surface area contributed by atoms with Crippen LogP contribution in [0.15, 0.2) is 24.3 Å². The van der Waals surface area contributed by atoms with Crippen molar-refractivity contribution in [1.29, 1.82) is 0 Å². The van der Waals surface area contributed by atoms with Crippen LogP contribution >= 0.6 is 0 Å². The minimum absolute atomic E-state index is 0.0526. The summed E-state index contributed by atoms with van der Waals surface area (Å²) in [6, 6.07) is 6.98. The van der Waals surface area contributed by atoms with Crippen molar-refractivity contribution in [3.8, 4) is 0 Å². The predicted octanol–water partition coefficient (Wildman–Crippen LogP) is 1.77. The predicted molar refractivity (Wildman–Crippen MR) is 90.8 cm³/mol. The van der Waals surface area contributed by atoms with E-state index in [0.717, 1.165) is 19.3 Å². The lowest BCUT2D eigenvalue weighted by Gasteiger charge is -2.25. The molecule has 6 heteroatoms. The number of hydrogen-bond donors (Lipinski definition) is 1. The van der Waals surface area contributed by atoms with E-state index in [-0.39, 0.29) is 30.7 Å². The average Bonchev–Trinajstić information content (AvgIpc) is 3.39. The van der Waals surface area contributed by atoms with Gasteiger partial charge in [-0.15, -0.1) is 0 Å². The van der Waals surface area contributed by atoms with Gasteiger partial charge in [0.15, 0.2) is 0 Å². The second-order valence-corrected chi connectivity index (χ2v) is 6.33. The summed E-state index contributed by atoms with van der Waals surface area (Å²) in [7, 11) is 1.63. The van der Waals surface area contributed by atoms with Crippen molar-refractivity contribution in [2.75, 3.05) is 26.7 Å². The number of likely N-dealkylation sites (N-methyl/N-ethyl adjacent to an activating group) is 1. The first-order valence-electron chi connectivity index (χ1n) is 8.49. The Morgan fingerprint density at radius 1 is 1.25 bits per heavy atom. The molecule has 5 nitrogen and oxygen atoms in total. The van der Waals surface area contributed by atoms with Gasteiger partial charge in [0.1, 0.15) is 5.82 Å². The lowest BCUT2D eigenvalue weighted by Crippen LogP contribution is -2.43. The fourth-order valence-electron chi connectivity index (χ4n) is 2.52. The maximum Gasteiger partial charge on any atom is 0.239 e. The van der Waals surface area contributed by atoms with E-state index in [1.807, 2.05) is 11.8 Å². The zero-order chi connectivity index (χ0) is 17.5. The van der Waals surface area contributed by atoms with E-state index in [1.54, 1.807) is 25.2 Å². The van der Waals surface area contributed by atoms with Crippen molar-refractivity contribution in [3.63, 3.8) is 0 Å². The van der Waals surface area contributed by atoms with Crippen LogP contribution in [0.5, 0.6) is 0 Å². The molecule has 0 radical (unpaired) electrons. The molecule has 132 valence electrons. The smallest absolute Gasteiger partial charge is 0.239 e. The van der Waals surface area contributed by atoms with Gasteiger partial charge in [0.2, 0.25) is 11.8 Å². The highest BCUT2D eigenvalue weighted by atomic mass is 19.1. The normalized spacial score (nSPS) is 13.8. The molecule has 0 atom stereocenters. The number of halogens is 1. The lowest BCUT2D eigenvalue weighted by molar-refractivity contribution is -0.135. The van der Waals surface area contributed by atoms with E-state index in [1.165, 1.54) is 11.0 Å². The van der Waals surface area contributed by atoms with Crippen molar-refractivity contribution in [1.82, 2.24) is 15.1 Å². The third kappa shape index (κ3) is 5.60. The van der Waals surface area contributed by atoms with E-state index >= 15 is 0 Å². The molecule has 0 spiro atoms. The third-order valence-corrected chi connectivity index (χ3v) is 4.11. The van der Waals surface area contributed by atoms with E-state index in [0.29, 0.717) is 24.7 Å². The molecule has 0 bridgehead atoms. The fraction of sp³-hybridized carbons (Fsp3) is 0.556. The van der Waals surface area contributed by atoms with Gasteiger partial charge in [0, 0.05) is 31.7 Å². The number of carbonyl (C=O) groups excluding carboxylic acids is 2. The van der Waals surface area contributed by atoms with Gasteiger partial charge in [0.25, 0.3) is 0 Å². The van der Waals surface area contributed by atoms with Gasteiger partial charge in [-0.2, -0.15) is 0 Å². The van der Waals surface area contributed by atoms with Crippen molar-refractivity contribution in [3.05, 3.63) is 35.6 Å². The quantitative estimate of drug-likeness (QED) is 0.748. The lowest BCUT2D eigenvalue weighted by atomic mass is 10.2. The number of hydrogen-bond acceptors (Lipinski definition) is 3. The van der Waals surface area contributed by atoms with Crippen molar-refractivity contribution < 1.29 is 14.0 Å². The van der Waals surface area contributed by atoms with Gasteiger partial charge in [-0.25, -0.2) is 4.39 Å². The van der Waals surface area contributed by atoms with E-state index in [2.05, 4.69) is 5.32 Å². The number of rotatable bonds is 9. The maximum atomic E-state index is 13.8. The minimum Gasteiger partial charge on any atom is -0.355 e. The molecule has 0 heterocycles. The van der Waals surface area contributed by atoms with E-state index in [4.69, 9.17) is 0 Å². The molecule has 0 unspecified atom stereocenters. The van der Waals surface area contributed by atoms with Gasteiger partial charge >= 0.3 is 0 Å². The highest BCUT2D eigenvalue weighted by Gasteiger charge is 2.31.